The molecule has 14 heavy (non-hydrogen) atoms. The molecule has 1 aromatic heterocycles. The number of benzene rings is 1. The third kappa shape index (κ3) is 1.26. The molecule has 0 amide bonds. The highest BCUT2D eigenvalue weighted by atomic mass is 32.1. The monoisotopic (exact) mass is 206 g/mol. The molecule has 0 bridgehead atoms. The van der Waals surface area contributed by atoms with Crippen LogP contribution in [-0.4, -0.2) is 0 Å². The van der Waals surface area contributed by atoms with Crippen molar-refractivity contribution in [2.75, 3.05) is 0 Å². The predicted molar refractivity (Wildman–Crippen MR) is 61.2 cm³/mol. The molecule has 0 saturated heterocycles. The van der Waals surface area contributed by atoms with Gasteiger partial charge in [0.1, 0.15) is 5.82 Å². The number of allylic oxidation sites excluding steroid dienone is 1. The van der Waals surface area contributed by atoms with Crippen LogP contribution in [0.2, 0.25) is 0 Å². The van der Waals surface area contributed by atoms with Crippen LogP contribution >= 0.6 is 11.3 Å². The predicted octanol–water partition coefficient (Wildman–Crippen LogP) is 4.38. The van der Waals surface area contributed by atoms with Gasteiger partial charge in [0.25, 0.3) is 0 Å². The van der Waals surface area contributed by atoms with Crippen LogP contribution in [0.25, 0.3) is 15.7 Å². The lowest BCUT2D eigenvalue weighted by Gasteiger charge is -1.96. The number of aryl methyl sites for hydroxylation is 1. The van der Waals surface area contributed by atoms with E-state index in [1.807, 2.05) is 19.9 Å². The van der Waals surface area contributed by atoms with Crippen molar-refractivity contribution >= 4 is 27.0 Å². The molecule has 1 heterocycles. The minimum absolute atomic E-state index is 0.135. The lowest BCUT2D eigenvalue weighted by Crippen LogP contribution is -1.79. The molecule has 0 aliphatic heterocycles. The van der Waals surface area contributed by atoms with Crippen LogP contribution in [0.4, 0.5) is 4.39 Å². The standard InChI is InChI=1S/C12H11FS/c1-7(2)12-8(3)11-9(13)5-4-6-10(11)14-12/h4-6H,1H2,2-3H3. The Bertz CT molecular complexity index is 508. The fourth-order valence-corrected chi connectivity index (χ4v) is 2.81. The summed E-state index contributed by atoms with van der Waals surface area (Å²) in [6, 6.07) is 5.20. The van der Waals surface area contributed by atoms with Gasteiger partial charge >= 0.3 is 0 Å². The van der Waals surface area contributed by atoms with Gasteiger partial charge in [-0.05, 0) is 37.1 Å². The Hall–Kier alpha value is -1.15. The molecule has 2 heteroatoms. The van der Waals surface area contributed by atoms with Gasteiger partial charge in [0.05, 0.1) is 0 Å². The largest absolute Gasteiger partial charge is 0.206 e. The number of halogens is 1. The third-order valence-corrected chi connectivity index (χ3v) is 3.71. The van der Waals surface area contributed by atoms with Crippen LogP contribution in [0.1, 0.15) is 17.4 Å². The average molecular weight is 206 g/mol. The van der Waals surface area contributed by atoms with Gasteiger partial charge in [0.2, 0.25) is 0 Å². The van der Waals surface area contributed by atoms with E-state index in [-0.39, 0.29) is 5.82 Å². The molecule has 0 fully saturated rings. The van der Waals surface area contributed by atoms with Crippen molar-refractivity contribution in [3.8, 4) is 0 Å². The first-order valence-corrected chi connectivity index (χ1v) is 5.26. The molecule has 72 valence electrons. The number of fused-ring (bicyclic) bond motifs is 1. The van der Waals surface area contributed by atoms with E-state index < -0.39 is 0 Å². The fourth-order valence-electron chi connectivity index (χ4n) is 1.66. The normalized spacial score (nSPS) is 10.8. The van der Waals surface area contributed by atoms with Crippen LogP contribution in [0.5, 0.6) is 0 Å². The highest BCUT2D eigenvalue weighted by Gasteiger charge is 2.11. The van der Waals surface area contributed by atoms with Gasteiger partial charge < -0.3 is 0 Å². The summed E-state index contributed by atoms with van der Waals surface area (Å²) in [7, 11) is 0. The third-order valence-electron chi connectivity index (χ3n) is 2.29. The maximum Gasteiger partial charge on any atom is 0.132 e. The molecule has 0 saturated carbocycles. The summed E-state index contributed by atoms with van der Waals surface area (Å²) in [6.45, 7) is 7.80. The molecule has 0 N–H and O–H groups in total. The van der Waals surface area contributed by atoms with E-state index in [4.69, 9.17) is 0 Å². The zero-order valence-corrected chi connectivity index (χ0v) is 9.04. The Morgan fingerprint density at radius 3 is 2.71 bits per heavy atom. The second-order valence-corrected chi connectivity index (χ2v) is 4.50. The maximum atomic E-state index is 13.5. The van der Waals surface area contributed by atoms with E-state index >= 15 is 0 Å². The van der Waals surface area contributed by atoms with Crippen molar-refractivity contribution < 1.29 is 4.39 Å². The second kappa shape index (κ2) is 3.21. The minimum atomic E-state index is -0.135. The number of rotatable bonds is 1. The zero-order valence-electron chi connectivity index (χ0n) is 8.23. The number of hydrogen-bond donors (Lipinski definition) is 0. The molecule has 0 radical (unpaired) electrons. The first-order valence-electron chi connectivity index (χ1n) is 4.44. The summed E-state index contributed by atoms with van der Waals surface area (Å²) < 4.78 is 14.5. The van der Waals surface area contributed by atoms with Gasteiger partial charge in [-0.25, -0.2) is 4.39 Å². The Labute approximate surface area is 86.7 Å². The Balaban J connectivity index is 2.87. The van der Waals surface area contributed by atoms with Gasteiger partial charge in [-0.3, -0.25) is 0 Å². The van der Waals surface area contributed by atoms with Crippen LogP contribution in [0.15, 0.2) is 24.8 Å². The van der Waals surface area contributed by atoms with E-state index in [0.29, 0.717) is 0 Å². The van der Waals surface area contributed by atoms with E-state index in [9.17, 15) is 4.39 Å². The average Bonchev–Trinajstić information content (AvgIpc) is 2.45. The topological polar surface area (TPSA) is 0 Å². The van der Waals surface area contributed by atoms with Crippen LogP contribution in [0, 0.1) is 12.7 Å². The summed E-state index contributed by atoms with van der Waals surface area (Å²) >= 11 is 1.61. The van der Waals surface area contributed by atoms with E-state index in [0.717, 1.165) is 26.1 Å². The first kappa shape index (κ1) is 9.41. The van der Waals surface area contributed by atoms with Crippen molar-refractivity contribution in [3.05, 3.63) is 41.0 Å². The van der Waals surface area contributed by atoms with Crippen molar-refractivity contribution in [2.24, 2.45) is 0 Å². The van der Waals surface area contributed by atoms with Crippen molar-refractivity contribution in [3.63, 3.8) is 0 Å². The van der Waals surface area contributed by atoms with Gasteiger partial charge in [0.15, 0.2) is 0 Å². The molecular weight excluding hydrogens is 195 g/mol. The Kier molecular flexibility index (Phi) is 2.16. The van der Waals surface area contributed by atoms with Crippen LogP contribution < -0.4 is 0 Å². The van der Waals surface area contributed by atoms with Crippen molar-refractivity contribution in [1.82, 2.24) is 0 Å². The van der Waals surface area contributed by atoms with E-state index in [1.54, 1.807) is 17.4 Å². The molecule has 0 nitrogen and oxygen atoms in total. The van der Waals surface area contributed by atoms with Crippen LogP contribution in [0.3, 0.4) is 0 Å². The first-order chi connectivity index (χ1) is 6.61. The minimum Gasteiger partial charge on any atom is -0.206 e. The molecule has 2 rings (SSSR count). The van der Waals surface area contributed by atoms with Crippen molar-refractivity contribution in [2.45, 2.75) is 13.8 Å². The summed E-state index contributed by atoms with van der Waals surface area (Å²) in [4.78, 5) is 1.10. The summed E-state index contributed by atoms with van der Waals surface area (Å²) in [5, 5.41) is 0.746. The highest BCUT2D eigenvalue weighted by Crippen LogP contribution is 2.35. The number of hydrogen-bond acceptors (Lipinski definition) is 1. The Morgan fingerprint density at radius 2 is 2.14 bits per heavy atom. The fraction of sp³-hybridized carbons (Fsp3) is 0.167. The maximum absolute atomic E-state index is 13.5. The summed E-state index contributed by atoms with van der Waals surface area (Å²) in [6.07, 6.45) is 0. The highest BCUT2D eigenvalue weighted by molar-refractivity contribution is 7.20. The van der Waals surface area contributed by atoms with Gasteiger partial charge in [-0.2, -0.15) is 0 Å². The van der Waals surface area contributed by atoms with Crippen LogP contribution in [-0.2, 0) is 0 Å². The van der Waals surface area contributed by atoms with Crippen molar-refractivity contribution in [1.29, 1.82) is 0 Å². The van der Waals surface area contributed by atoms with E-state index in [2.05, 4.69) is 6.58 Å². The smallest absolute Gasteiger partial charge is 0.132 e. The van der Waals surface area contributed by atoms with Gasteiger partial charge in [-0.15, -0.1) is 11.3 Å². The SMILES string of the molecule is C=C(C)c1sc2cccc(F)c2c1C. The van der Waals surface area contributed by atoms with Gasteiger partial charge in [0, 0.05) is 15.0 Å². The molecule has 1 aromatic carbocycles. The molecule has 2 aromatic rings. The molecule has 0 spiro atoms. The summed E-state index contributed by atoms with van der Waals surface area (Å²) in [5.74, 6) is -0.135. The number of thiophene rings is 1. The molecule has 0 aliphatic carbocycles. The lowest BCUT2D eigenvalue weighted by atomic mass is 10.1. The zero-order chi connectivity index (χ0) is 10.3. The molecular formula is C12H11FS. The lowest BCUT2D eigenvalue weighted by molar-refractivity contribution is 0.639. The van der Waals surface area contributed by atoms with E-state index in [1.165, 1.54) is 6.07 Å². The molecule has 0 unspecified atom stereocenters. The molecule has 0 atom stereocenters. The Morgan fingerprint density at radius 1 is 1.43 bits per heavy atom. The molecule has 0 aliphatic rings. The van der Waals surface area contributed by atoms with Gasteiger partial charge in [-0.1, -0.05) is 12.6 Å². The summed E-state index contributed by atoms with van der Waals surface area (Å²) in [5.41, 5.74) is 2.01. The second-order valence-electron chi connectivity index (χ2n) is 3.45. The quantitative estimate of drug-likeness (QED) is 0.649.